The fourth-order valence-electron chi connectivity index (χ4n) is 0.192. The highest BCUT2D eigenvalue weighted by Gasteiger charge is 1.72. The first kappa shape index (κ1) is 6.94. The third-order valence-electron chi connectivity index (χ3n) is 0.468. The molecule has 3 nitrogen and oxygen atoms in total. The maximum atomic E-state index is 5.02. The second kappa shape index (κ2) is 3.01. The van der Waals surface area contributed by atoms with Crippen molar-refractivity contribution in [3.8, 4) is 0 Å². The van der Waals surface area contributed by atoms with Crippen molar-refractivity contribution in [3.63, 3.8) is 0 Å². The Balaban J connectivity index is 3.76. The molecule has 0 saturated carbocycles. The zero-order chi connectivity index (χ0) is 6.57. The van der Waals surface area contributed by atoms with Gasteiger partial charge in [-0.2, -0.15) is 0 Å². The van der Waals surface area contributed by atoms with Crippen molar-refractivity contribution in [2.75, 3.05) is 0 Å². The first-order valence-electron chi connectivity index (χ1n) is 2.07. The first-order valence-corrected chi connectivity index (χ1v) is 2.07. The van der Waals surface area contributed by atoms with E-state index in [1.165, 1.54) is 12.2 Å². The summed E-state index contributed by atoms with van der Waals surface area (Å²) in [6.45, 7) is 0. The summed E-state index contributed by atoms with van der Waals surface area (Å²) >= 11 is 0. The van der Waals surface area contributed by atoms with Gasteiger partial charge in [-0.1, -0.05) is 6.08 Å². The maximum absolute atomic E-state index is 5.02. The van der Waals surface area contributed by atoms with Gasteiger partial charge in [-0.05, 0) is 11.7 Å². The summed E-state index contributed by atoms with van der Waals surface area (Å²) in [5.74, 6) is 0.193. The van der Waals surface area contributed by atoms with E-state index in [1.54, 1.807) is 0 Å². The van der Waals surface area contributed by atoms with Crippen molar-refractivity contribution in [2.45, 2.75) is 0 Å². The van der Waals surface area contributed by atoms with Gasteiger partial charge in [0.1, 0.15) is 7.85 Å². The fraction of sp³-hybridized carbons (Fsp3) is 0. The van der Waals surface area contributed by atoms with Crippen LogP contribution in [0.3, 0.4) is 0 Å². The molecule has 0 aromatic rings. The predicted molar refractivity (Wildman–Crippen MR) is 34.5 cm³/mol. The highest BCUT2D eigenvalue weighted by molar-refractivity contribution is 6.21. The number of nitrogens with two attached hydrogens (primary N) is 3. The second-order valence-electron chi connectivity index (χ2n) is 1.33. The minimum absolute atomic E-state index is 0.193. The van der Waals surface area contributed by atoms with Crippen molar-refractivity contribution < 1.29 is 0 Å². The largest absolute Gasteiger partial charge is 0.411 e. The van der Waals surface area contributed by atoms with Gasteiger partial charge < -0.3 is 17.2 Å². The molecular formula is C4H8BN3. The van der Waals surface area contributed by atoms with E-state index in [2.05, 4.69) is 0 Å². The Hall–Kier alpha value is -1.06. The van der Waals surface area contributed by atoms with Gasteiger partial charge in [-0.3, -0.25) is 0 Å². The molecule has 0 fully saturated rings. The highest BCUT2D eigenvalue weighted by Crippen LogP contribution is 1.76. The van der Waals surface area contributed by atoms with Gasteiger partial charge in [-0.15, -0.1) is 0 Å². The summed E-state index contributed by atoms with van der Waals surface area (Å²) in [4.78, 5) is 0. The van der Waals surface area contributed by atoms with Gasteiger partial charge in [0.05, 0.1) is 5.82 Å². The van der Waals surface area contributed by atoms with Gasteiger partial charge >= 0.3 is 0 Å². The first-order chi connectivity index (χ1) is 3.63. The molecule has 0 rings (SSSR count). The second-order valence-corrected chi connectivity index (χ2v) is 1.33. The lowest BCUT2D eigenvalue weighted by atomic mass is 10.1. The SMILES string of the molecule is [B]/C(N)=C/C=C(N)N. The van der Waals surface area contributed by atoms with Gasteiger partial charge in [0, 0.05) is 0 Å². The van der Waals surface area contributed by atoms with Crippen LogP contribution in [-0.4, -0.2) is 7.85 Å². The molecule has 6 N–H and O–H groups in total. The van der Waals surface area contributed by atoms with E-state index < -0.39 is 0 Å². The average molecular weight is 109 g/mol. The lowest BCUT2D eigenvalue weighted by molar-refractivity contribution is 1.25. The average Bonchev–Trinajstić information content (AvgIpc) is 1.61. The van der Waals surface area contributed by atoms with Crippen LogP contribution in [-0.2, 0) is 0 Å². The lowest BCUT2D eigenvalue weighted by Gasteiger charge is -1.86. The van der Waals surface area contributed by atoms with E-state index in [0.717, 1.165) is 0 Å². The van der Waals surface area contributed by atoms with Crippen molar-refractivity contribution in [1.29, 1.82) is 0 Å². The Labute approximate surface area is 49.6 Å². The third kappa shape index (κ3) is 4.94. The molecule has 0 spiro atoms. The quantitative estimate of drug-likeness (QED) is 0.289. The molecule has 0 aliphatic carbocycles. The zero-order valence-electron chi connectivity index (χ0n) is 4.46. The predicted octanol–water partition coefficient (Wildman–Crippen LogP) is -1.29. The molecule has 0 bridgehead atoms. The van der Waals surface area contributed by atoms with E-state index in [0.29, 0.717) is 0 Å². The summed E-state index contributed by atoms with van der Waals surface area (Å²) in [5.41, 5.74) is 15.3. The molecule has 0 aliphatic rings. The van der Waals surface area contributed by atoms with E-state index in [1.807, 2.05) is 0 Å². The zero-order valence-corrected chi connectivity index (χ0v) is 4.46. The number of rotatable bonds is 1. The van der Waals surface area contributed by atoms with Crippen molar-refractivity contribution in [2.24, 2.45) is 17.2 Å². The standard InChI is InChI=1S/C4H8BN3/c5-3(6)1-2-4(7)8/h1-2H,6-8H2/b3-1-. The molecule has 0 heterocycles. The third-order valence-corrected chi connectivity index (χ3v) is 0.468. The van der Waals surface area contributed by atoms with Crippen LogP contribution in [0.25, 0.3) is 0 Å². The van der Waals surface area contributed by atoms with Crippen LogP contribution in [0.1, 0.15) is 0 Å². The summed E-state index contributed by atoms with van der Waals surface area (Å²) in [7, 11) is 5.02. The molecular weight excluding hydrogens is 101 g/mol. The molecule has 2 radical (unpaired) electrons. The molecule has 8 heavy (non-hydrogen) atoms. The Morgan fingerprint density at radius 2 is 1.62 bits per heavy atom. The number of allylic oxidation sites excluding steroid dienone is 2. The normalized spacial score (nSPS) is 10.8. The molecule has 0 aromatic heterocycles. The molecule has 0 atom stereocenters. The summed E-state index contributed by atoms with van der Waals surface area (Å²) < 4.78 is 0. The Morgan fingerprint density at radius 3 is 1.75 bits per heavy atom. The van der Waals surface area contributed by atoms with Gasteiger partial charge in [0.2, 0.25) is 0 Å². The smallest absolute Gasteiger partial charge is 0.137 e. The number of hydrogen-bond acceptors (Lipinski definition) is 3. The molecule has 42 valence electrons. The van der Waals surface area contributed by atoms with Crippen LogP contribution in [0, 0.1) is 0 Å². The minimum Gasteiger partial charge on any atom is -0.411 e. The van der Waals surface area contributed by atoms with E-state index in [4.69, 9.17) is 25.0 Å². The van der Waals surface area contributed by atoms with Gasteiger partial charge in [0.25, 0.3) is 0 Å². The lowest BCUT2D eigenvalue weighted by Crippen LogP contribution is -2.07. The van der Waals surface area contributed by atoms with Crippen LogP contribution in [0.5, 0.6) is 0 Å². The van der Waals surface area contributed by atoms with Gasteiger partial charge in [0.15, 0.2) is 0 Å². The molecule has 0 unspecified atom stereocenters. The molecule has 0 aliphatic heterocycles. The van der Waals surface area contributed by atoms with Crippen LogP contribution in [0.15, 0.2) is 23.6 Å². The fourth-order valence-corrected chi connectivity index (χ4v) is 0.192. The Kier molecular flexibility index (Phi) is 2.62. The highest BCUT2D eigenvalue weighted by atomic mass is 14.8. The molecule has 4 heteroatoms. The van der Waals surface area contributed by atoms with E-state index in [9.17, 15) is 0 Å². The minimum atomic E-state index is 0.193. The number of hydrogen-bond donors (Lipinski definition) is 3. The molecule has 0 aromatic carbocycles. The monoisotopic (exact) mass is 109 g/mol. The topological polar surface area (TPSA) is 78.1 Å². The summed E-state index contributed by atoms with van der Waals surface area (Å²) in [6.07, 6.45) is 2.85. The van der Waals surface area contributed by atoms with Crippen LogP contribution in [0.4, 0.5) is 0 Å². The Bertz CT molecular complexity index is 103. The molecule has 0 amide bonds. The summed E-state index contributed by atoms with van der Waals surface area (Å²) in [6, 6.07) is 0. The van der Waals surface area contributed by atoms with E-state index in [-0.39, 0.29) is 11.4 Å². The molecule has 0 saturated heterocycles. The maximum Gasteiger partial charge on any atom is 0.137 e. The van der Waals surface area contributed by atoms with Crippen LogP contribution in [0.2, 0.25) is 0 Å². The van der Waals surface area contributed by atoms with Gasteiger partial charge in [-0.25, -0.2) is 0 Å². The Morgan fingerprint density at radius 1 is 1.12 bits per heavy atom. The van der Waals surface area contributed by atoms with E-state index >= 15 is 0 Å². The summed E-state index contributed by atoms with van der Waals surface area (Å²) in [5, 5.41) is 0. The van der Waals surface area contributed by atoms with Crippen molar-refractivity contribution in [1.82, 2.24) is 0 Å². The van der Waals surface area contributed by atoms with Crippen molar-refractivity contribution >= 4 is 7.85 Å². The van der Waals surface area contributed by atoms with Crippen LogP contribution >= 0.6 is 0 Å². The van der Waals surface area contributed by atoms with Crippen molar-refractivity contribution in [3.05, 3.63) is 23.6 Å². The van der Waals surface area contributed by atoms with Crippen LogP contribution < -0.4 is 17.2 Å².